The second-order valence-corrected chi connectivity index (χ2v) is 7.94. The maximum Gasteiger partial charge on any atom is 0.256 e. The molecule has 0 radical (unpaired) electrons. The molecule has 3 aliphatic rings. The zero-order chi connectivity index (χ0) is 17.3. The Morgan fingerprint density at radius 3 is 2.88 bits per heavy atom. The second-order valence-electron chi connectivity index (χ2n) is 7.94. The minimum atomic E-state index is -0.0674. The highest BCUT2D eigenvalue weighted by Crippen LogP contribution is 2.40. The van der Waals surface area contributed by atoms with Gasteiger partial charge in [0, 0.05) is 37.7 Å². The predicted octanol–water partition coefficient (Wildman–Crippen LogP) is 3.13. The van der Waals surface area contributed by atoms with Crippen LogP contribution >= 0.6 is 0 Å². The fourth-order valence-electron chi connectivity index (χ4n) is 4.33. The smallest absolute Gasteiger partial charge is 0.256 e. The lowest BCUT2D eigenvalue weighted by molar-refractivity contribution is 0.0623. The fraction of sp³-hybridized carbons (Fsp3) is 0.737. The third kappa shape index (κ3) is 3.30. The SMILES string of the molecule is c1cc(CNC[C@@H]2CCO[C@@H]2c2nc(C3CC3)no2)n(C2CCCC2)n1. The van der Waals surface area contributed by atoms with Gasteiger partial charge in [0.1, 0.15) is 6.10 Å². The molecule has 0 unspecified atom stereocenters. The molecule has 2 aromatic rings. The number of nitrogens with one attached hydrogen (secondary N) is 1. The summed E-state index contributed by atoms with van der Waals surface area (Å²) in [7, 11) is 0. The van der Waals surface area contributed by atoms with E-state index >= 15 is 0 Å². The van der Waals surface area contributed by atoms with E-state index in [-0.39, 0.29) is 6.10 Å². The van der Waals surface area contributed by atoms with Crippen molar-refractivity contribution in [2.45, 2.75) is 69.6 Å². The van der Waals surface area contributed by atoms with E-state index in [1.54, 1.807) is 0 Å². The van der Waals surface area contributed by atoms with Crippen molar-refractivity contribution in [3.05, 3.63) is 29.7 Å². The zero-order valence-electron chi connectivity index (χ0n) is 15.1. The summed E-state index contributed by atoms with van der Waals surface area (Å²) < 4.78 is 13.6. The number of rotatable bonds is 7. The van der Waals surface area contributed by atoms with Crippen molar-refractivity contribution in [2.24, 2.45) is 5.92 Å². The summed E-state index contributed by atoms with van der Waals surface area (Å²) in [6.45, 7) is 2.50. The molecule has 2 aromatic heterocycles. The van der Waals surface area contributed by atoms with E-state index in [0.29, 0.717) is 23.8 Å². The summed E-state index contributed by atoms with van der Waals surface area (Å²) in [5.41, 5.74) is 1.28. The van der Waals surface area contributed by atoms with Crippen LogP contribution in [0.1, 0.15) is 80.4 Å². The van der Waals surface area contributed by atoms with Gasteiger partial charge in [-0.05, 0) is 38.2 Å². The summed E-state index contributed by atoms with van der Waals surface area (Å²) in [5, 5.41) is 12.3. The van der Waals surface area contributed by atoms with Gasteiger partial charge in [-0.3, -0.25) is 4.68 Å². The van der Waals surface area contributed by atoms with Crippen LogP contribution in [0, 0.1) is 5.92 Å². The Balaban J connectivity index is 1.18. The van der Waals surface area contributed by atoms with Crippen LogP contribution in [0.5, 0.6) is 0 Å². The third-order valence-corrected chi connectivity index (χ3v) is 5.99. The van der Waals surface area contributed by atoms with Crippen LogP contribution in [0.2, 0.25) is 0 Å². The van der Waals surface area contributed by atoms with E-state index in [9.17, 15) is 0 Å². The molecule has 0 aromatic carbocycles. The first-order chi connectivity index (χ1) is 12.9. The molecule has 0 spiro atoms. The molecule has 1 saturated heterocycles. The van der Waals surface area contributed by atoms with Crippen molar-refractivity contribution >= 4 is 0 Å². The van der Waals surface area contributed by atoms with Gasteiger partial charge in [0.25, 0.3) is 5.89 Å². The number of hydrogen-bond acceptors (Lipinski definition) is 6. The predicted molar refractivity (Wildman–Crippen MR) is 94.5 cm³/mol. The van der Waals surface area contributed by atoms with E-state index in [1.807, 2.05) is 6.20 Å². The highest BCUT2D eigenvalue weighted by Gasteiger charge is 2.36. The molecule has 1 N–H and O–H groups in total. The van der Waals surface area contributed by atoms with E-state index in [1.165, 1.54) is 44.2 Å². The van der Waals surface area contributed by atoms with Crippen molar-refractivity contribution < 1.29 is 9.26 Å². The third-order valence-electron chi connectivity index (χ3n) is 5.99. The molecule has 140 valence electrons. The van der Waals surface area contributed by atoms with E-state index in [4.69, 9.17) is 9.26 Å². The maximum absolute atomic E-state index is 5.90. The van der Waals surface area contributed by atoms with Gasteiger partial charge in [0.2, 0.25) is 0 Å². The normalized spacial score (nSPS) is 26.8. The molecule has 1 aliphatic heterocycles. The van der Waals surface area contributed by atoms with Crippen molar-refractivity contribution in [2.75, 3.05) is 13.2 Å². The Morgan fingerprint density at radius 1 is 1.15 bits per heavy atom. The molecular weight excluding hydrogens is 330 g/mol. The van der Waals surface area contributed by atoms with Gasteiger partial charge >= 0.3 is 0 Å². The second kappa shape index (κ2) is 7.12. The molecule has 3 heterocycles. The number of ether oxygens (including phenoxy) is 1. The fourth-order valence-corrected chi connectivity index (χ4v) is 4.33. The molecule has 26 heavy (non-hydrogen) atoms. The van der Waals surface area contributed by atoms with Gasteiger partial charge in [-0.25, -0.2) is 0 Å². The first kappa shape index (κ1) is 16.4. The summed E-state index contributed by atoms with van der Waals surface area (Å²) in [4.78, 5) is 4.58. The largest absolute Gasteiger partial charge is 0.368 e. The molecule has 3 fully saturated rings. The Hall–Kier alpha value is -1.73. The lowest BCUT2D eigenvalue weighted by Gasteiger charge is -2.17. The Labute approximate surface area is 153 Å². The number of nitrogens with zero attached hydrogens (tertiary/aromatic N) is 4. The standard InChI is InChI=1S/C19H27N5O2/c1-2-4-15(3-1)24-16(7-9-21-24)12-20-11-14-8-10-25-17(14)19-22-18(23-26-19)13-5-6-13/h7,9,13-15,17,20H,1-6,8,10-12H2/t14-,17-/m0/s1. The van der Waals surface area contributed by atoms with Crippen molar-refractivity contribution in [3.63, 3.8) is 0 Å². The molecule has 0 bridgehead atoms. The Bertz CT molecular complexity index is 732. The average molecular weight is 357 g/mol. The van der Waals surface area contributed by atoms with Gasteiger partial charge in [-0.15, -0.1) is 0 Å². The summed E-state index contributed by atoms with van der Waals surface area (Å²) in [6.07, 6.45) is 10.4. The Kier molecular flexibility index (Phi) is 4.50. The lowest BCUT2D eigenvalue weighted by atomic mass is 10.0. The van der Waals surface area contributed by atoms with Gasteiger partial charge in [-0.2, -0.15) is 10.1 Å². The van der Waals surface area contributed by atoms with Crippen LogP contribution < -0.4 is 5.32 Å². The van der Waals surface area contributed by atoms with Crippen LogP contribution in [-0.2, 0) is 11.3 Å². The molecule has 0 amide bonds. The summed E-state index contributed by atoms with van der Waals surface area (Å²) in [6, 6.07) is 2.72. The number of aromatic nitrogens is 4. The van der Waals surface area contributed by atoms with Gasteiger partial charge < -0.3 is 14.6 Å². The molecule has 7 nitrogen and oxygen atoms in total. The number of hydrogen-bond donors (Lipinski definition) is 1. The van der Waals surface area contributed by atoms with Gasteiger partial charge in [0.05, 0.1) is 11.7 Å². The highest BCUT2D eigenvalue weighted by atomic mass is 16.5. The van der Waals surface area contributed by atoms with Crippen LogP contribution in [0.4, 0.5) is 0 Å². The molecular formula is C19H27N5O2. The van der Waals surface area contributed by atoms with Crippen LogP contribution in [-0.4, -0.2) is 33.1 Å². The van der Waals surface area contributed by atoms with Crippen LogP contribution in [0.3, 0.4) is 0 Å². The van der Waals surface area contributed by atoms with Crippen LogP contribution in [0.15, 0.2) is 16.8 Å². The molecule has 5 rings (SSSR count). The Morgan fingerprint density at radius 2 is 2.04 bits per heavy atom. The summed E-state index contributed by atoms with van der Waals surface area (Å²) in [5.74, 6) is 2.42. The highest BCUT2D eigenvalue weighted by molar-refractivity contribution is 5.06. The zero-order valence-corrected chi connectivity index (χ0v) is 15.1. The minimum Gasteiger partial charge on any atom is -0.368 e. The topological polar surface area (TPSA) is 78.0 Å². The van der Waals surface area contributed by atoms with Crippen molar-refractivity contribution in [1.29, 1.82) is 0 Å². The van der Waals surface area contributed by atoms with E-state index < -0.39 is 0 Å². The average Bonchev–Trinajstić information content (AvgIpc) is 3.17. The van der Waals surface area contributed by atoms with Crippen molar-refractivity contribution in [3.8, 4) is 0 Å². The first-order valence-electron chi connectivity index (χ1n) is 10.1. The van der Waals surface area contributed by atoms with Gasteiger partial charge in [-0.1, -0.05) is 18.0 Å². The monoisotopic (exact) mass is 357 g/mol. The maximum atomic E-state index is 5.90. The summed E-state index contributed by atoms with van der Waals surface area (Å²) >= 11 is 0. The quantitative estimate of drug-likeness (QED) is 0.820. The van der Waals surface area contributed by atoms with Crippen molar-refractivity contribution in [1.82, 2.24) is 25.2 Å². The van der Waals surface area contributed by atoms with E-state index in [2.05, 4.69) is 31.3 Å². The lowest BCUT2D eigenvalue weighted by Crippen LogP contribution is -2.26. The van der Waals surface area contributed by atoms with Gasteiger partial charge in [0.15, 0.2) is 5.82 Å². The molecule has 2 aliphatic carbocycles. The molecule has 2 saturated carbocycles. The molecule has 2 atom stereocenters. The van der Waals surface area contributed by atoms with E-state index in [0.717, 1.165) is 31.9 Å². The molecule has 7 heteroatoms. The minimum absolute atomic E-state index is 0.0674. The van der Waals surface area contributed by atoms with Crippen LogP contribution in [0.25, 0.3) is 0 Å². The first-order valence-corrected chi connectivity index (χ1v) is 10.1.